The highest BCUT2D eigenvalue weighted by molar-refractivity contribution is 7.17. The zero-order valence-corrected chi connectivity index (χ0v) is 14.3. The highest BCUT2D eigenvalue weighted by Crippen LogP contribution is 2.29. The van der Waals surface area contributed by atoms with Gasteiger partial charge in [0.25, 0.3) is 5.91 Å². The number of hydrogen-bond donors (Lipinski definition) is 1. The number of thiophene rings is 1. The first-order valence-corrected chi connectivity index (χ1v) is 8.87. The lowest BCUT2D eigenvalue weighted by Crippen LogP contribution is -2.26. The molecule has 23 heavy (non-hydrogen) atoms. The van der Waals surface area contributed by atoms with Crippen molar-refractivity contribution in [2.24, 2.45) is 0 Å². The van der Waals surface area contributed by atoms with E-state index in [1.807, 2.05) is 30.7 Å². The van der Waals surface area contributed by atoms with Crippen LogP contribution in [0.4, 0.5) is 4.39 Å². The molecule has 1 aromatic carbocycles. The van der Waals surface area contributed by atoms with Gasteiger partial charge in [-0.15, -0.1) is 11.3 Å². The van der Waals surface area contributed by atoms with Gasteiger partial charge in [0.05, 0.1) is 11.7 Å². The zero-order valence-electron chi connectivity index (χ0n) is 12.7. The van der Waals surface area contributed by atoms with Crippen LogP contribution in [0.5, 0.6) is 0 Å². The van der Waals surface area contributed by atoms with Crippen molar-refractivity contribution in [3.63, 3.8) is 0 Å². The lowest BCUT2D eigenvalue weighted by molar-refractivity contribution is 0.0943. The van der Waals surface area contributed by atoms with E-state index in [4.69, 9.17) is 0 Å². The first-order chi connectivity index (χ1) is 11.0. The minimum Gasteiger partial charge on any atom is -0.345 e. The number of aromatic nitrogens is 1. The lowest BCUT2D eigenvalue weighted by Gasteiger charge is -2.13. The predicted molar refractivity (Wildman–Crippen MR) is 92.4 cm³/mol. The lowest BCUT2D eigenvalue weighted by atomic mass is 10.1. The third kappa shape index (κ3) is 3.48. The maximum Gasteiger partial charge on any atom is 0.263 e. The Balaban J connectivity index is 1.77. The van der Waals surface area contributed by atoms with Gasteiger partial charge in [-0.2, -0.15) is 11.3 Å². The molecule has 6 heteroatoms. The quantitative estimate of drug-likeness (QED) is 0.736. The smallest absolute Gasteiger partial charge is 0.263 e. The van der Waals surface area contributed by atoms with Crippen molar-refractivity contribution in [2.75, 3.05) is 0 Å². The van der Waals surface area contributed by atoms with Gasteiger partial charge in [0.15, 0.2) is 0 Å². The number of nitrogens with zero attached hydrogens (tertiary/aromatic N) is 1. The van der Waals surface area contributed by atoms with E-state index in [0.717, 1.165) is 21.8 Å². The normalized spacial score (nSPS) is 12.1. The number of aryl methyl sites for hydroxylation is 1. The molecule has 2 aromatic heterocycles. The van der Waals surface area contributed by atoms with Gasteiger partial charge in [-0.1, -0.05) is 12.1 Å². The summed E-state index contributed by atoms with van der Waals surface area (Å²) in [6.07, 6.45) is 0. The second-order valence-corrected chi connectivity index (χ2v) is 6.97. The zero-order chi connectivity index (χ0) is 16.4. The minimum atomic E-state index is -0.286. The molecule has 118 valence electrons. The first kappa shape index (κ1) is 15.8. The summed E-state index contributed by atoms with van der Waals surface area (Å²) in [5.41, 5.74) is 2.62. The van der Waals surface area contributed by atoms with Crippen LogP contribution in [0.15, 0.2) is 41.1 Å². The molecule has 0 spiro atoms. The van der Waals surface area contributed by atoms with E-state index < -0.39 is 0 Å². The number of rotatable bonds is 4. The molecule has 1 amide bonds. The highest BCUT2D eigenvalue weighted by atomic mass is 32.1. The number of carbonyl (C=O) groups is 1. The van der Waals surface area contributed by atoms with Crippen molar-refractivity contribution in [3.8, 4) is 10.6 Å². The fourth-order valence-corrected chi connectivity index (χ4v) is 3.89. The first-order valence-electron chi connectivity index (χ1n) is 7.11. The van der Waals surface area contributed by atoms with E-state index in [0.29, 0.717) is 4.88 Å². The molecule has 0 saturated carbocycles. The molecule has 3 rings (SSSR count). The average Bonchev–Trinajstić information content (AvgIpc) is 3.16. The molecule has 2 heterocycles. The monoisotopic (exact) mass is 346 g/mol. The van der Waals surface area contributed by atoms with E-state index in [1.54, 1.807) is 23.5 Å². The molecule has 3 nitrogen and oxygen atoms in total. The summed E-state index contributed by atoms with van der Waals surface area (Å²) in [7, 11) is 0. The molecule has 3 aromatic rings. The molecule has 0 aliphatic heterocycles. The van der Waals surface area contributed by atoms with Crippen LogP contribution in [0.1, 0.15) is 33.9 Å². The number of benzene rings is 1. The van der Waals surface area contributed by atoms with Crippen molar-refractivity contribution in [1.29, 1.82) is 0 Å². The number of amides is 1. The standard InChI is InChI=1S/C17H15FN2OS2/c1-10(12-3-5-14(18)6-4-12)19-16(21)15-11(2)20-17(23-15)13-7-8-22-9-13/h3-10H,1-2H3,(H,19,21). The molecule has 0 aliphatic carbocycles. The molecule has 0 bridgehead atoms. The van der Waals surface area contributed by atoms with Crippen LogP contribution in [0.2, 0.25) is 0 Å². The van der Waals surface area contributed by atoms with Crippen LogP contribution in [-0.4, -0.2) is 10.9 Å². The second-order valence-electron chi connectivity index (χ2n) is 5.19. The molecular weight excluding hydrogens is 331 g/mol. The summed E-state index contributed by atoms with van der Waals surface area (Å²) in [6.45, 7) is 3.71. The number of hydrogen-bond acceptors (Lipinski definition) is 4. The van der Waals surface area contributed by atoms with Crippen LogP contribution >= 0.6 is 22.7 Å². The molecule has 1 atom stereocenters. The fourth-order valence-electron chi connectivity index (χ4n) is 2.21. The SMILES string of the molecule is Cc1nc(-c2ccsc2)sc1C(=O)NC(C)c1ccc(F)cc1. The Bertz CT molecular complexity index is 810. The maximum atomic E-state index is 13.0. The topological polar surface area (TPSA) is 42.0 Å². The van der Waals surface area contributed by atoms with Gasteiger partial charge < -0.3 is 5.32 Å². The molecule has 0 radical (unpaired) electrons. The van der Waals surface area contributed by atoms with Crippen molar-refractivity contribution in [2.45, 2.75) is 19.9 Å². The van der Waals surface area contributed by atoms with Crippen LogP contribution < -0.4 is 5.32 Å². The Labute approximate surface area is 141 Å². The Morgan fingerprint density at radius 2 is 2.00 bits per heavy atom. The summed E-state index contributed by atoms with van der Waals surface area (Å²) in [6, 6.07) is 7.93. The Morgan fingerprint density at radius 1 is 1.26 bits per heavy atom. The summed E-state index contributed by atoms with van der Waals surface area (Å²) in [5.74, 6) is -0.440. The molecular formula is C17H15FN2OS2. The van der Waals surface area contributed by atoms with Crippen LogP contribution in [0.3, 0.4) is 0 Å². The van der Waals surface area contributed by atoms with Gasteiger partial charge in [0.1, 0.15) is 15.7 Å². The Hall–Kier alpha value is -2.05. The van der Waals surface area contributed by atoms with E-state index >= 15 is 0 Å². The minimum absolute atomic E-state index is 0.154. The van der Waals surface area contributed by atoms with Gasteiger partial charge in [-0.05, 0) is 43.0 Å². The number of halogens is 1. The number of thiazole rings is 1. The van der Waals surface area contributed by atoms with Gasteiger partial charge in [0, 0.05) is 10.9 Å². The fraction of sp³-hybridized carbons (Fsp3) is 0.176. The molecule has 0 fully saturated rings. The summed E-state index contributed by atoms with van der Waals surface area (Å²) < 4.78 is 13.0. The van der Waals surface area contributed by atoms with Crippen molar-refractivity contribution in [3.05, 3.63) is 63.0 Å². The van der Waals surface area contributed by atoms with E-state index in [2.05, 4.69) is 10.3 Å². The van der Waals surface area contributed by atoms with Crippen LogP contribution in [-0.2, 0) is 0 Å². The van der Waals surface area contributed by atoms with Gasteiger partial charge in [0.2, 0.25) is 0 Å². The van der Waals surface area contributed by atoms with Crippen LogP contribution in [0.25, 0.3) is 10.6 Å². The molecule has 0 saturated heterocycles. The third-order valence-electron chi connectivity index (χ3n) is 3.49. The highest BCUT2D eigenvalue weighted by Gasteiger charge is 2.18. The van der Waals surface area contributed by atoms with Crippen molar-refractivity contribution in [1.82, 2.24) is 10.3 Å². The Kier molecular flexibility index (Phi) is 4.54. The largest absolute Gasteiger partial charge is 0.345 e. The van der Waals surface area contributed by atoms with Gasteiger partial charge in [-0.3, -0.25) is 4.79 Å². The molecule has 0 aliphatic rings. The number of carbonyl (C=O) groups excluding carboxylic acids is 1. The van der Waals surface area contributed by atoms with Crippen molar-refractivity contribution < 1.29 is 9.18 Å². The van der Waals surface area contributed by atoms with E-state index in [1.165, 1.54) is 23.5 Å². The molecule has 1 unspecified atom stereocenters. The van der Waals surface area contributed by atoms with E-state index in [9.17, 15) is 9.18 Å². The maximum absolute atomic E-state index is 13.0. The van der Waals surface area contributed by atoms with Gasteiger partial charge in [-0.25, -0.2) is 9.37 Å². The summed E-state index contributed by atoms with van der Waals surface area (Å²) >= 11 is 2.99. The van der Waals surface area contributed by atoms with E-state index in [-0.39, 0.29) is 17.8 Å². The van der Waals surface area contributed by atoms with Crippen LogP contribution in [0, 0.1) is 12.7 Å². The third-order valence-corrected chi connectivity index (χ3v) is 5.38. The predicted octanol–water partition coefficient (Wildman–Crippen LogP) is 4.81. The van der Waals surface area contributed by atoms with Gasteiger partial charge >= 0.3 is 0 Å². The summed E-state index contributed by atoms with van der Waals surface area (Å²) in [4.78, 5) is 17.6. The average molecular weight is 346 g/mol. The number of nitrogens with one attached hydrogen (secondary N) is 1. The Morgan fingerprint density at radius 3 is 2.65 bits per heavy atom. The second kappa shape index (κ2) is 6.60. The molecule has 1 N–H and O–H groups in total. The van der Waals surface area contributed by atoms with Crippen molar-refractivity contribution >= 4 is 28.6 Å². The summed E-state index contributed by atoms with van der Waals surface area (Å²) in [5, 5.41) is 7.80.